The number of rotatable bonds is 4. The van der Waals surface area contributed by atoms with Gasteiger partial charge in [0, 0.05) is 31.3 Å². The first-order valence-corrected chi connectivity index (χ1v) is 11.3. The molecule has 0 spiro atoms. The van der Waals surface area contributed by atoms with Crippen LogP contribution in [0.1, 0.15) is 34.5 Å². The zero-order valence-corrected chi connectivity index (χ0v) is 18.7. The fourth-order valence-corrected chi connectivity index (χ4v) is 4.38. The van der Waals surface area contributed by atoms with E-state index in [1.54, 1.807) is 17.0 Å². The SMILES string of the molecule is CN1CCC(O)(c2ccc3c(c2)CN(C(=O)c2ccc(Oc4ccccc4)o2)CCO3)CC1. The molecule has 33 heavy (non-hydrogen) atoms. The standard InChI is InChI=1S/C26H28N2O5/c1-27-13-11-26(30,12-14-27)20-7-8-22-19(17-20)18-28(15-16-31-22)25(29)23-9-10-24(33-23)32-21-5-3-2-4-6-21/h2-10,17,30H,11-16,18H2,1H3. The average molecular weight is 449 g/mol. The molecular weight excluding hydrogens is 420 g/mol. The number of benzene rings is 2. The molecule has 1 aromatic heterocycles. The predicted molar refractivity (Wildman–Crippen MR) is 123 cm³/mol. The first-order chi connectivity index (χ1) is 16.0. The first kappa shape index (κ1) is 21.6. The van der Waals surface area contributed by atoms with Gasteiger partial charge in [0.1, 0.15) is 18.1 Å². The Balaban J connectivity index is 1.33. The summed E-state index contributed by atoms with van der Waals surface area (Å²) < 4.78 is 17.3. The number of piperidine rings is 1. The zero-order valence-electron chi connectivity index (χ0n) is 18.7. The second-order valence-corrected chi connectivity index (χ2v) is 8.77. The van der Waals surface area contributed by atoms with Crippen molar-refractivity contribution >= 4 is 5.91 Å². The third-order valence-electron chi connectivity index (χ3n) is 6.43. The van der Waals surface area contributed by atoms with Crippen LogP contribution in [0.3, 0.4) is 0 Å². The average Bonchev–Trinajstić information content (AvgIpc) is 3.18. The van der Waals surface area contributed by atoms with Gasteiger partial charge < -0.3 is 28.8 Å². The number of carbonyl (C=O) groups excluding carboxylic acids is 1. The number of hydrogen-bond donors (Lipinski definition) is 1. The lowest BCUT2D eigenvalue weighted by Gasteiger charge is -2.37. The number of carbonyl (C=O) groups is 1. The van der Waals surface area contributed by atoms with Crippen LogP contribution in [-0.4, -0.2) is 54.1 Å². The second kappa shape index (κ2) is 8.92. The molecule has 2 aromatic carbocycles. The third-order valence-corrected chi connectivity index (χ3v) is 6.43. The van der Waals surface area contributed by atoms with E-state index in [4.69, 9.17) is 13.9 Å². The molecular formula is C26H28N2O5. The molecule has 1 N–H and O–H groups in total. The molecule has 1 fully saturated rings. The fourth-order valence-electron chi connectivity index (χ4n) is 4.38. The maximum absolute atomic E-state index is 13.2. The number of para-hydroxylation sites is 1. The maximum atomic E-state index is 13.2. The van der Waals surface area contributed by atoms with Crippen molar-refractivity contribution in [2.75, 3.05) is 33.3 Å². The first-order valence-electron chi connectivity index (χ1n) is 11.3. The molecule has 7 nitrogen and oxygen atoms in total. The molecule has 0 radical (unpaired) electrons. The Bertz CT molecular complexity index is 1120. The molecule has 0 saturated carbocycles. The number of fused-ring (bicyclic) bond motifs is 1. The number of nitrogens with zero attached hydrogens (tertiary/aromatic N) is 2. The minimum Gasteiger partial charge on any atom is -0.491 e. The van der Waals surface area contributed by atoms with Gasteiger partial charge in [-0.25, -0.2) is 0 Å². The van der Waals surface area contributed by atoms with Gasteiger partial charge in [-0.05, 0) is 55.8 Å². The van der Waals surface area contributed by atoms with Crippen molar-refractivity contribution in [2.24, 2.45) is 0 Å². The number of aliphatic hydroxyl groups is 1. The monoisotopic (exact) mass is 448 g/mol. The highest BCUT2D eigenvalue weighted by Crippen LogP contribution is 2.36. The highest BCUT2D eigenvalue weighted by molar-refractivity contribution is 5.91. The van der Waals surface area contributed by atoms with Crippen LogP contribution < -0.4 is 9.47 Å². The van der Waals surface area contributed by atoms with Crippen molar-refractivity contribution in [1.29, 1.82) is 0 Å². The Morgan fingerprint density at radius 2 is 1.82 bits per heavy atom. The number of furan rings is 1. The van der Waals surface area contributed by atoms with E-state index in [0.717, 1.165) is 30.0 Å². The molecule has 2 aliphatic heterocycles. The highest BCUT2D eigenvalue weighted by atomic mass is 16.6. The van der Waals surface area contributed by atoms with Gasteiger partial charge in [0.25, 0.3) is 11.9 Å². The molecule has 0 atom stereocenters. The molecule has 5 rings (SSSR count). The van der Waals surface area contributed by atoms with Crippen LogP contribution in [-0.2, 0) is 12.1 Å². The van der Waals surface area contributed by atoms with E-state index in [1.807, 2.05) is 48.5 Å². The smallest absolute Gasteiger partial charge is 0.290 e. The summed E-state index contributed by atoms with van der Waals surface area (Å²) in [5.41, 5.74) is 0.912. The van der Waals surface area contributed by atoms with Gasteiger partial charge >= 0.3 is 0 Å². The lowest BCUT2D eigenvalue weighted by Crippen LogP contribution is -2.40. The van der Waals surface area contributed by atoms with E-state index in [9.17, 15) is 9.90 Å². The molecule has 172 valence electrons. The molecule has 7 heteroatoms. The Morgan fingerprint density at radius 3 is 2.61 bits per heavy atom. The van der Waals surface area contributed by atoms with Gasteiger partial charge in [0.15, 0.2) is 5.76 Å². The van der Waals surface area contributed by atoms with E-state index >= 15 is 0 Å². The van der Waals surface area contributed by atoms with Crippen LogP contribution in [0.4, 0.5) is 0 Å². The zero-order chi connectivity index (χ0) is 22.8. The van der Waals surface area contributed by atoms with E-state index < -0.39 is 5.60 Å². The Labute approximate surface area is 193 Å². The van der Waals surface area contributed by atoms with Gasteiger partial charge in [0.05, 0.1) is 12.1 Å². The van der Waals surface area contributed by atoms with Crippen LogP contribution in [0.15, 0.2) is 65.1 Å². The Kier molecular flexibility index (Phi) is 5.83. The topological polar surface area (TPSA) is 75.4 Å². The Morgan fingerprint density at radius 1 is 1.03 bits per heavy atom. The summed E-state index contributed by atoms with van der Waals surface area (Å²) in [5.74, 6) is 1.65. The van der Waals surface area contributed by atoms with Crippen LogP contribution in [0.5, 0.6) is 17.4 Å². The molecule has 1 amide bonds. The normalized spacial score (nSPS) is 18.2. The van der Waals surface area contributed by atoms with E-state index in [0.29, 0.717) is 38.3 Å². The lowest BCUT2D eigenvalue weighted by molar-refractivity contribution is -0.0204. The van der Waals surface area contributed by atoms with Crippen LogP contribution >= 0.6 is 0 Å². The van der Waals surface area contributed by atoms with Gasteiger partial charge in [-0.2, -0.15) is 0 Å². The molecule has 2 aliphatic rings. The van der Waals surface area contributed by atoms with E-state index in [1.165, 1.54) is 0 Å². The molecule has 3 heterocycles. The Hall–Kier alpha value is -3.29. The number of amides is 1. The summed E-state index contributed by atoms with van der Waals surface area (Å²) in [4.78, 5) is 17.1. The van der Waals surface area contributed by atoms with Gasteiger partial charge in [-0.15, -0.1) is 0 Å². The maximum Gasteiger partial charge on any atom is 0.290 e. The summed E-state index contributed by atoms with van der Waals surface area (Å²) in [6, 6.07) is 18.4. The number of likely N-dealkylation sites (tertiary alicyclic amines) is 1. The second-order valence-electron chi connectivity index (χ2n) is 8.77. The van der Waals surface area contributed by atoms with Crippen molar-refractivity contribution in [2.45, 2.75) is 25.0 Å². The summed E-state index contributed by atoms with van der Waals surface area (Å²) in [5, 5.41) is 11.2. The number of hydrogen-bond acceptors (Lipinski definition) is 6. The van der Waals surface area contributed by atoms with E-state index in [-0.39, 0.29) is 17.6 Å². The van der Waals surface area contributed by atoms with Crippen molar-refractivity contribution in [3.05, 3.63) is 77.6 Å². The highest BCUT2D eigenvalue weighted by Gasteiger charge is 2.34. The van der Waals surface area contributed by atoms with Crippen molar-refractivity contribution in [3.63, 3.8) is 0 Å². The largest absolute Gasteiger partial charge is 0.491 e. The number of ether oxygens (including phenoxy) is 2. The van der Waals surface area contributed by atoms with Crippen molar-refractivity contribution in [3.8, 4) is 17.4 Å². The van der Waals surface area contributed by atoms with Crippen LogP contribution in [0, 0.1) is 0 Å². The summed E-state index contributed by atoms with van der Waals surface area (Å²) in [6.07, 6.45) is 1.37. The fraction of sp³-hybridized carbons (Fsp3) is 0.346. The lowest BCUT2D eigenvalue weighted by atomic mass is 9.84. The minimum absolute atomic E-state index is 0.217. The molecule has 3 aromatic rings. The molecule has 0 aliphatic carbocycles. The van der Waals surface area contributed by atoms with Gasteiger partial charge in [-0.3, -0.25) is 4.79 Å². The summed E-state index contributed by atoms with van der Waals surface area (Å²) in [7, 11) is 2.07. The van der Waals surface area contributed by atoms with Crippen molar-refractivity contribution in [1.82, 2.24) is 9.80 Å². The predicted octanol–water partition coefficient (Wildman–Crippen LogP) is 4.02. The van der Waals surface area contributed by atoms with E-state index in [2.05, 4.69) is 11.9 Å². The van der Waals surface area contributed by atoms with Crippen LogP contribution in [0.25, 0.3) is 0 Å². The van der Waals surface area contributed by atoms with Crippen LogP contribution in [0.2, 0.25) is 0 Å². The van der Waals surface area contributed by atoms with Gasteiger partial charge in [-0.1, -0.05) is 24.3 Å². The van der Waals surface area contributed by atoms with Gasteiger partial charge in [0.2, 0.25) is 0 Å². The minimum atomic E-state index is -0.854. The summed E-state index contributed by atoms with van der Waals surface area (Å²) in [6.45, 7) is 2.91. The third kappa shape index (κ3) is 4.60. The quantitative estimate of drug-likeness (QED) is 0.650. The molecule has 1 saturated heterocycles. The molecule has 0 unspecified atom stereocenters. The van der Waals surface area contributed by atoms with Crippen molar-refractivity contribution < 1.29 is 23.8 Å². The molecule has 0 bridgehead atoms. The summed E-state index contributed by atoms with van der Waals surface area (Å²) >= 11 is 0.